The SMILES string of the molecule is CCCCCCCCCc1ccc(C2=NCC(C(C)CCCC)=N2)cc1C(C)(F)F. The molecule has 1 atom stereocenters. The number of benzene rings is 1. The van der Waals surface area contributed by atoms with Gasteiger partial charge in [0.05, 0.1) is 6.54 Å². The highest BCUT2D eigenvalue weighted by Gasteiger charge is 2.28. The lowest BCUT2D eigenvalue weighted by molar-refractivity contribution is 0.0165. The van der Waals surface area contributed by atoms with Gasteiger partial charge in [0.25, 0.3) is 5.92 Å². The minimum absolute atomic E-state index is 0.136. The van der Waals surface area contributed by atoms with Crippen LogP contribution in [0, 0.1) is 5.92 Å². The van der Waals surface area contributed by atoms with Crippen LogP contribution in [0.2, 0.25) is 0 Å². The first kappa shape index (κ1) is 24.7. The highest BCUT2D eigenvalue weighted by Crippen LogP contribution is 2.32. The zero-order chi connectivity index (χ0) is 22.0. The fraction of sp³-hybridized carbons (Fsp3) is 0.692. The molecule has 0 fully saturated rings. The van der Waals surface area contributed by atoms with Crippen LogP contribution in [0.3, 0.4) is 0 Å². The van der Waals surface area contributed by atoms with Crippen molar-refractivity contribution in [2.24, 2.45) is 15.9 Å². The third kappa shape index (κ3) is 7.59. The maximum absolute atomic E-state index is 14.4. The molecule has 1 unspecified atom stereocenters. The van der Waals surface area contributed by atoms with Gasteiger partial charge < -0.3 is 0 Å². The number of amidine groups is 1. The standard InChI is InChI=1S/C26H40F2N2/c1-5-7-9-10-11-12-13-15-21-16-17-22(18-23(21)26(4,27)28)25-29-19-24(30-25)20(3)14-8-6-2/h16-18,20H,5-15,19H2,1-4H3. The predicted octanol–water partition coefficient (Wildman–Crippen LogP) is 8.12. The highest BCUT2D eigenvalue weighted by atomic mass is 19.3. The summed E-state index contributed by atoms with van der Waals surface area (Å²) in [6.07, 6.45) is 12.5. The molecule has 1 aliphatic heterocycles. The molecule has 1 heterocycles. The first-order valence-electron chi connectivity index (χ1n) is 12.0. The number of unbranched alkanes of at least 4 members (excludes halogenated alkanes) is 7. The van der Waals surface area contributed by atoms with Crippen molar-refractivity contribution in [3.63, 3.8) is 0 Å². The molecule has 1 aliphatic rings. The van der Waals surface area contributed by atoms with Gasteiger partial charge in [-0.3, -0.25) is 4.99 Å². The normalized spacial score (nSPS) is 15.3. The van der Waals surface area contributed by atoms with E-state index in [2.05, 4.69) is 25.8 Å². The van der Waals surface area contributed by atoms with Crippen LogP contribution in [0.4, 0.5) is 8.78 Å². The molecule has 0 spiro atoms. The molecule has 0 aromatic heterocycles. The van der Waals surface area contributed by atoms with Crippen LogP contribution in [0.15, 0.2) is 28.2 Å². The number of rotatable bonds is 14. The van der Waals surface area contributed by atoms with E-state index in [0.717, 1.165) is 37.5 Å². The molecule has 2 rings (SSSR count). The first-order valence-corrected chi connectivity index (χ1v) is 12.0. The van der Waals surface area contributed by atoms with E-state index in [9.17, 15) is 8.78 Å². The topological polar surface area (TPSA) is 24.7 Å². The molecule has 0 aliphatic carbocycles. The number of aryl methyl sites for hydroxylation is 1. The lowest BCUT2D eigenvalue weighted by Gasteiger charge is -2.17. The molecule has 30 heavy (non-hydrogen) atoms. The van der Waals surface area contributed by atoms with Gasteiger partial charge in [0.15, 0.2) is 5.84 Å². The maximum Gasteiger partial charge on any atom is 0.270 e. The summed E-state index contributed by atoms with van der Waals surface area (Å²) < 4.78 is 28.7. The third-order valence-electron chi connectivity index (χ3n) is 6.09. The Balaban J connectivity index is 2.03. The van der Waals surface area contributed by atoms with Crippen molar-refractivity contribution in [2.75, 3.05) is 6.54 Å². The minimum atomic E-state index is -2.85. The maximum atomic E-state index is 14.4. The predicted molar refractivity (Wildman–Crippen MR) is 125 cm³/mol. The lowest BCUT2D eigenvalue weighted by atomic mass is 9.94. The Bertz CT molecular complexity index is 716. The molecule has 1 aromatic rings. The second-order valence-electron chi connectivity index (χ2n) is 8.92. The molecule has 0 radical (unpaired) electrons. The Labute approximate surface area is 182 Å². The van der Waals surface area contributed by atoms with Crippen LogP contribution < -0.4 is 0 Å². The van der Waals surface area contributed by atoms with Crippen LogP contribution in [-0.4, -0.2) is 18.1 Å². The summed E-state index contributed by atoms with van der Waals surface area (Å²) in [6.45, 7) is 8.18. The second kappa shape index (κ2) is 12.3. The van der Waals surface area contributed by atoms with Crippen LogP contribution in [-0.2, 0) is 12.3 Å². The van der Waals surface area contributed by atoms with Crippen molar-refractivity contribution in [3.8, 4) is 0 Å². The lowest BCUT2D eigenvalue weighted by Crippen LogP contribution is -2.13. The molecule has 0 saturated carbocycles. The van der Waals surface area contributed by atoms with Gasteiger partial charge in [0, 0.05) is 23.8 Å². The van der Waals surface area contributed by atoms with Crippen molar-refractivity contribution in [1.29, 1.82) is 0 Å². The largest absolute Gasteiger partial charge is 0.270 e. The number of halogens is 2. The molecule has 0 amide bonds. The Morgan fingerprint density at radius 2 is 1.63 bits per heavy atom. The Hall–Kier alpha value is -1.58. The summed E-state index contributed by atoms with van der Waals surface area (Å²) in [5.74, 6) is -1.84. The molecule has 168 valence electrons. The van der Waals surface area contributed by atoms with Crippen molar-refractivity contribution in [1.82, 2.24) is 0 Å². The average molecular weight is 419 g/mol. The zero-order valence-electron chi connectivity index (χ0n) is 19.4. The van der Waals surface area contributed by atoms with Gasteiger partial charge in [-0.05, 0) is 36.8 Å². The summed E-state index contributed by atoms with van der Waals surface area (Å²) in [4.78, 5) is 9.25. The van der Waals surface area contributed by atoms with Crippen molar-refractivity contribution in [2.45, 2.75) is 104 Å². The van der Waals surface area contributed by atoms with Gasteiger partial charge in [-0.25, -0.2) is 13.8 Å². The van der Waals surface area contributed by atoms with Crippen molar-refractivity contribution < 1.29 is 8.78 Å². The van der Waals surface area contributed by atoms with Crippen LogP contribution in [0.25, 0.3) is 0 Å². The smallest absolute Gasteiger partial charge is 0.260 e. The summed E-state index contributed by atoms with van der Waals surface area (Å²) in [7, 11) is 0. The molecule has 2 nitrogen and oxygen atoms in total. The molecule has 0 N–H and O–H groups in total. The number of nitrogens with zero attached hydrogens (tertiary/aromatic N) is 2. The fourth-order valence-electron chi connectivity index (χ4n) is 4.08. The highest BCUT2D eigenvalue weighted by molar-refractivity contribution is 6.12. The van der Waals surface area contributed by atoms with Gasteiger partial charge in [-0.2, -0.15) is 0 Å². The monoisotopic (exact) mass is 418 g/mol. The summed E-state index contributed by atoms with van der Waals surface area (Å²) in [5.41, 5.74) is 2.69. The van der Waals surface area contributed by atoms with Gasteiger partial charge >= 0.3 is 0 Å². The van der Waals surface area contributed by atoms with E-state index in [0.29, 0.717) is 30.3 Å². The molecule has 0 bridgehead atoms. The molecular formula is C26H40F2N2. The minimum Gasteiger partial charge on any atom is -0.260 e. The Morgan fingerprint density at radius 1 is 0.967 bits per heavy atom. The van der Waals surface area contributed by atoms with E-state index in [-0.39, 0.29) is 5.56 Å². The van der Waals surface area contributed by atoms with E-state index in [1.807, 2.05) is 12.1 Å². The fourth-order valence-corrected chi connectivity index (χ4v) is 4.08. The van der Waals surface area contributed by atoms with Gasteiger partial charge in [-0.1, -0.05) is 84.3 Å². The summed E-state index contributed by atoms with van der Waals surface area (Å²) in [5, 5.41) is 0. The van der Waals surface area contributed by atoms with E-state index in [4.69, 9.17) is 4.99 Å². The van der Waals surface area contributed by atoms with Crippen LogP contribution in [0.5, 0.6) is 0 Å². The van der Waals surface area contributed by atoms with Crippen molar-refractivity contribution in [3.05, 3.63) is 34.9 Å². The third-order valence-corrected chi connectivity index (χ3v) is 6.09. The zero-order valence-corrected chi connectivity index (χ0v) is 19.4. The van der Waals surface area contributed by atoms with Crippen LogP contribution >= 0.6 is 0 Å². The number of aliphatic imine (C=N–C) groups is 2. The van der Waals surface area contributed by atoms with E-state index in [1.165, 1.54) is 44.9 Å². The molecule has 0 saturated heterocycles. The summed E-state index contributed by atoms with van der Waals surface area (Å²) >= 11 is 0. The van der Waals surface area contributed by atoms with Crippen molar-refractivity contribution >= 4 is 11.5 Å². The Kier molecular flexibility index (Phi) is 10.1. The van der Waals surface area contributed by atoms with Gasteiger partial charge in [0.2, 0.25) is 0 Å². The average Bonchev–Trinajstić information content (AvgIpc) is 3.21. The number of hydrogen-bond donors (Lipinski definition) is 0. The molecular weight excluding hydrogens is 378 g/mol. The summed E-state index contributed by atoms with van der Waals surface area (Å²) in [6, 6.07) is 5.42. The van der Waals surface area contributed by atoms with E-state index < -0.39 is 5.92 Å². The first-order chi connectivity index (χ1) is 14.4. The Morgan fingerprint density at radius 3 is 2.30 bits per heavy atom. The van der Waals surface area contributed by atoms with Crippen LogP contribution in [0.1, 0.15) is 109 Å². The molecule has 4 heteroatoms. The number of hydrogen-bond acceptors (Lipinski definition) is 2. The molecule has 1 aromatic carbocycles. The second-order valence-corrected chi connectivity index (χ2v) is 8.92. The van der Waals surface area contributed by atoms with Gasteiger partial charge in [-0.15, -0.1) is 0 Å². The quantitative estimate of drug-likeness (QED) is 0.273. The van der Waals surface area contributed by atoms with E-state index in [1.54, 1.807) is 6.07 Å². The van der Waals surface area contributed by atoms with E-state index >= 15 is 0 Å². The van der Waals surface area contributed by atoms with Gasteiger partial charge in [0.1, 0.15) is 0 Å². The number of alkyl halides is 2.